The van der Waals surface area contributed by atoms with Gasteiger partial charge in [-0.2, -0.15) is 13.2 Å². The molecule has 44 valence electrons. The van der Waals surface area contributed by atoms with E-state index in [1.54, 1.807) is 0 Å². The van der Waals surface area contributed by atoms with Crippen molar-refractivity contribution in [3.05, 3.63) is 0 Å². The second kappa shape index (κ2) is 1.69. The van der Waals surface area contributed by atoms with E-state index in [0.29, 0.717) is 6.92 Å². The number of hydrogen-bond donors (Lipinski definition) is 1. The molecule has 0 fully saturated rings. The van der Waals surface area contributed by atoms with Gasteiger partial charge in [-0.15, -0.1) is 0 Å². The van der Waals surface area contributed by atoms with Crippen molar-refractivity contribution in [1.82, 2.24) is 0 Å². The molecule has 0 spiro atoms. The fourth-order valence-electron chi connectivity index (χ4n) is 0. The van der Waals surface area contributed by atoms with Gasteiger partial charge in [0.15, 0.2) is 0 Å². The zero-order chi connectivity index (χ0) is 7.00. The molecule has 1 unspecified atom stereocenters. The van der Waals surface area contributed by atoms with Gasteiger partial charge in [0.2, 0.25) is 0 Å². The Labute approximate surface area is 40.7 Å². The van der Waals surface area contributed by atoms with Crippen molar-refractivity contribution in [2.75, 3.05) is 0 Å². The second-order valence-electron chi connectivity index (χ2n) is 1.18. The van der Waals surface area contributed by atoms with Gasteiger partial charge in [0.1, 0.15) is 0 Å². The summed E-state index contributed by atoms with van der Waals surface area (Å²) in [7, 11) is 0. The molecule has 0 amide bonds. The Morgan fingerprint density at radius 3 is 1.86 bits per heavy atom. The van der Waals surface area contributed by atoms with Gasteiger partial charge >= 0.3 is 6.18 Å². The average molecular weight is 114 g/mol. The molecule has 0 saturated carbocycles. The first-order valence-corrected chi connectivity index (χ1v) is 1.61. The maximum atomic E-state index is 11.2. The van der Waals surface area contributed by atoms with Crippen LogP contribution >= 0.6 is 0 Å². The highest BCUT2D eigenvalue weighted by atomic mass is 19.4. The van der Waals surface area contributed by atoms with Crippen molar-refractivity contribution in [3.8, 4) is 0 Å². The predicted molar refractivity (Wildman–Crippen MR) is 19.7 cm³/mol. The smallest absolute Gasteiger partial charge is 0.320 e. The zero-order valence-electron chi connectivity index (χ0n) is 4.71. The Morgan fingerprint density at radius 1 is 1.71 bits per heavy atom. The fourth-order valence-corrected chi connectivity index (χ4v) is 0. The van der Waals surface area contributed by atoms with Crippen LogP contribution in [0.25, 0.3) is 0 Å². The monoisotopic (exact) mass is 114 g/mol. The Hall–Kier alpha value is -0.250. The van der Waals surface area contributed by atoms with E-state index >= 15 is 0 Å². The van der Waals surface area contributed by atoms with Crippen LogP contribution in [-0.2, 0) is 0 Å². The lowest BCUT2D eigenvalue weighted by molar-refractivity contribution is -0.143. The van der Waals surface area contributed by atoms with Crippen LogP contribution in [0.15, 0.2) is 0 Å². The Kier molecular flexibility index (Phi) is 1.19. The van der Waals surface area contributed by atoms with Crippen LogP contribution in [0, 0.1) is 0 Å². The lowest BCUT2D eigenvalue weighted by Gasteiger charge is -2.07. The molecule has 0 aromatic carbocycles. The summed E-state index contributed by atoms with van der Waals surface area (Å²) < 4.78 is 40.0. The maximum Gasteiger partial charge on any atom is 0.403 e. The lowest BCUT2D eigenvalue weighted by atomic mass is 10.4. The highest BCUT2D eigenvalue weighted by molar-refractivity contribution is 4.61. The van der Waals surface area contributed by atoms with Gasteiger partial charge < -0.3 is 5.73 Å². The van der Waals surface area contributed by atoms with Crippen molar-refractivity contribution in [3.63, 3.8) is 0 Å². The molecule has 0 heterocycles. The summed E-state index contributed by atoms with van der Waals surface area (Å²) in [5.41, 5.74) is 4.35. The molecule has 1 atom stereocenters. The van der Waals surface area contributed by atoms with E-state index in [1.807, 2.05) is 0 Å². The van der Waals surface area contributed by atoms with Crippen LogP contribution in [0.3, 0.4) is 0 Å². The third kappa shape index (κ3) is 2.45. The fraction of sp³-hybridized carbons (Fsp3) is 1.00. The third-order valence-corrected chi connectivity index (χ3v) is 0.447. The number of rotatable bonds is 0. The molecule has 7 heavy (non-hydrogen) atoms. The van der Waals surface area contributed by atoms with E-state index in [9.17, 15) is 13.2 Å². The van der Waals surface area contributed by atoms with Crippen molar-refractivity contribution in [2.45, 2.75) is 19.1 Å². The topological polar surface area (TPSA) is 26.0 Å². The van der Waals surface area contributed by atoms with Crippen LogP contribution in [0.1, 0.15) is 8.29 Å². The Morgan fingerprint density at radius 2 is 1.86 bits per heavy atom. The van der Waals surface area contributed by atoms with Crippen molar-refractivity contribution in [2.24, 2.45) is 5.73 Å². The van der Waals surface area contributed by atoms with Crippen LogP contribution in [0.2, 0.25) is 0 Å². The highest BCUT2D eigenvalue weighted by Gasteiger charge is 2.32. The summed E-state index contributed by atoms with van der Waals surface area (Å²) in [6, 6.07) is -2.81. The molecular formula is C3H6F3N. The molecular weight excluding hydrogens is 107 g/mol. The first kappa shape index (κ1) is 4.90. The SMILES string of the molecule is [2H]C(C)(N)C(F)(F)F. The maximum absolute atomic E-state index is 11.2. The molecule has 1 nitrogen and oxygen atoms in total. The van der Waals surface area contributed by atoms with Gasteiger partial charge in [0.25, 0.3) is 0 Å². The summed E-state index contributed by atoms with van der Waals surface area (Å²) in [6.45, 7) is 0.590. The van der Waals surface area contributed by atoms with Crippen LogP contribution in [-0.4, -0.2) is 12.2 Å². The number of halogens is 3. The third-order valence-electron chi connectivity index (χ3n) is 0.447. The molecule has 0 bridgehead atoms. The minimum Gasteiger partial charge on any atom is -0.320 e. The number of alkyl halides is 3. The molecule has 0 aromatic rings. The van der Waals surface area contributed by atoms with Crippen LogP contribution in [0.5, 0.6) is 0 Å². The quantitative estimate of drug-likeness (QED) is 0.497. The second-order valence-corrected chi connectivity index (χ2v) is 1.18. The Bertz CT molecular complexity index is 69.5. The van der Waals surface area contributed by atoms with E-state index < -0.39 is 12.2 Å². The van der Waals surface area contributed by atoms with Crippen molar-refractivity contribution >= 4 is 0 Å². The first-order valence-electron chi connectivity index (χ1n) is 2.11. The molecule has 0 saturated heterocycles. The van der Waals surface area contributed by atoms with E-state index in [1.165, 1.54) is 0 Å². The van der Waals surface area contributed by atoms with E-state index in [4.69, 9.17) is 1.37 Å². The van der Waals surface area contributed by atoms with E-state index in [-0.39, 0.29) is 0 Å². The van der Waals surface area contributed by atoms with Gasteiger partial charge in [-0.25, -0.2) is 0 Å². The summed E-state index contributed by atoms with van der Waals surface area (Å²) >= 11 is 0. The largest absolute Gasteiger partial charge is 0.403 e. The van der Waals surface area contributed by atoms with E-state index in [2.05, 4.69) is 5.73 Å². The molecule has 0 aliphatic rings. The van der Waals surface area contributed by atoms with Crippen LogP contribution in [0.4, 0.5) is 13.2 Å². The van der Waals surface area contributed by atoms with Crippen molar-refractivity contribution in [1.29, 1.82) is 0 Å². The number of nitrogens with two attached hydrogens (primary N) is 1. The van der Waals surface area contributed by atoms with Crippen molar-refractivity contribution < 1.29 is 14.5 Å². The minimum atomic E-state index is -4.62. The standard InChI is InChI=1S/C3H6F3N/c1-2(7)3(4,5)6/h2H,7H2,1H3/i2D. The summed E-state index contributed by atoms with van der Waals surface area (Å²) in [5, 5.41) is 0. The molecule has 0 rings (SSSR count). The van der Waals surface area contributed by atoms with Gasteiger partial charge in [-0.1, -0.05) is 0 Å². The summed E-state index contributed by atoms with van der Waals surface area (Å²) in [5.74, 6) is 0. The number of hydrogen-bond acceptors (Lipinski definition) is 1. The molecule has 2 N–H and O–H groups in total. The van der Waals surface area contributed by atoms with Gasteiger partial charge in [0.05, 0.1) is 7.39 Å². The summed E-state index contributed by atoms with van der Waals surface area (Å²) in [4.78, 5) is 0. The van der Waals surface area contributed by atoms with Crippen LogP contribution < -0.4 is 5.73 Å². The van der Waals surface area contributed by atoms with Gasteiger partial charge in [-0.3, -0.25) is 0 Å². The molecule has 0 aromatic heterocycles. The predicted octanol–water partition coefficient (Wildman–Crippen LogP) is 0.896. The van der Waals surface area contributed by atoms with E-state index in [0.717, 1.165) is 0 Å². The Balaban J connectivity index is 4.02. The normalized spacial score (nSPS) is 23.3. The first-order chi connectivity index (χ1) is 3.25. The van der Waals surface area contributed by atoms with Gasteiger partial charge in [0, 0.05) is 0 Å². The van der Waals surface area contributed by atoms with Gasteiger partial charge in [-0.05, 0) is 6.92 Å². The summed E-state index contributed by atoms with van der Waals surface area (Å²) in [6.07, 6.45) is -4.62. The highest BCUT2D eigenvalue weighted by Crippen LogP contribution is 2.16. The zero-order valence-corrected chi connectivity index (χ0v) is 3.71. The molecule has 0 aliphatic carbocycles. The lowest BCUT2D eigenvalue weighted by Crippen LogP contribution is -2.33. The minimum absolute atomic E-state index is 0.590. The molecule has 0 aliphatic heterocycles. The molecule has 4 heteroatoms. The average Bonchev–Trinajstić information content (AvgIpc) is 1.25. The molecule has 0 radical (unpaired) electrons.